The van der Waals surface area contributed by atoms with Crippen molar-refractivity contribution in [1.29, 1.82) is 0 Å². The van der Waals surface area contributed by atoms with Gasteiger partial charge in [-0.05, 0) is 11.5 Å². The largest absolute Gasteiger partial charge is 0.356 e. The standard InChI is InChI=1S/C11H15NO.C2H6/c1-9(8-12-10(2)13)11-6-4-3-5-7-11;1-2/h3-7,9H,8H2,1-2H3,(H,12,13);1-2H3. The summed E-state index contributed by atoms with van der Waals surface area (Å²) in [5.74, 6) is 0.410. The van der Waals surface area contributed by atoms with Crippen molar-refractivity contribution in [2.75, 3.05) is 6.54 Å². The lowest BCUT2D eigenvalue weighted by Gasteiger charge is -2.11. The Bertz CT molecular complexity index is 269. The lowest BCUT2D eigenvalue weighted by molar-refractivity contribution is -0.119. The van der Waals surface area contributed by atoms with Crippen LogP contribution >= 0.6 is 0 Å². The Morgan fingerprint density at radius 3 is 2.27 bits per heavy atom. The van der Waals surface area contributed by atoms with Crippen LogP contribution in [-0.4, -0.2) is 12.5 Å². The number of benzene rings is 1. The summed E-state index contributed by atoms with van der Waals surface area (Å²) in [6.45, 7) is 8.35. The molecule has 1 aromatic carbocycles. The van der Waals surface area contributed by atoms with Crippen LogP contribution in [0.2, 0.25) is 0 Å². The van der Waals surface area contributed by atoms with E-state index < -0.39 is 0 Å². The first-order chi connectivity index (χ1) is 7.20. The number of carbonyl (C=O) groups excluding carboxylic acids is 1. The quantitative estimate of drug-likeness (QED) is 0.811. The minimum Gasteiger partial charge on any atom is -0.356 e. The summed E-state index contributed by atoms with van der Waals surface area (Å²) in [5, 5.41) is 2.80. The van der Waals surface area contributed by atoms with E-state index in [0.29, 0.717) is 12.5 Å². The number of hydrogen-bond donors (Lipinski definition) is 1. The van der Waals surface area contributed by atoms with Crippen LogP contribution in [0.3, 0.4) is 0 Å². The third-order valence-corrected chi connectivity index (χ3v) is 2.03. The maximum Gasteiger partial charge on any atom is 0.216 e. The van der Waals surface area contributed by atoms with E-state index in [2.05, 4.69) is 24.4 Å². The second-order valence-electron chi connectivity index (χ2n) is 3.25. The number of hydrogen-bond acceptors (Lipinski definition) is 1. The Balaban J connectivity index is 0.000000921. The van der Waals surface area contributed by atoms with Crippen molar-refractivity contribution < 1.29 is 4.79 Å². The summed E-state index contributed by atoms with van der Waals surface area (Å²) in [4.78, 5) is 10.7. The highest BCUT2D eigenvalue weighted by Gasteiger charge is 2.04. The van der Waals surface area contributed by atoms with Crippen molar-refractivity contribution in [3.63, 3.8) is 0 Å². The monoisotopic (exact) mass is 207 g/mol. The highest BCUT2D eigenvalue weighted by atomic mass is 16.1. The van der Waals surface area contributed by atoms with Crippen LogP contribution in [0.5, 0.6) is 0 Å². The van der Waals surface area contributed by atoms with E-state index >= 15 is 0 Å². The molecule has 0 saturated heterocycles. The van der Waals surface area contributed by atoms with E-state index in [4.69, 9.17) is 0 Å². The maximum atomic E-state index is 10.7. The Morgan fingerprint density at radius 2 is 1.80 bits per heavy atom. The van der Waals surface area contributed by atoms with Crippen molar-refractivity contribution >= 4 is 5.91 Å². The first-order valence-corrected chi connectivity index (χ1v) is 5.49. The molecule has 1 unspecified atom stereocenters. The second kappa shape index (κ2) is 8.04. The van der Waals surface area contributed by atoms with Crippen LogP contribution in [0.4, 0.5) is 0 Å². The van der Waals surface area contributed by atoms with Gasteiger partial charge in [-0.3, -0.25) is 4.79 Å². The zero-order valence-corrected chi connectivity index (χ0v) is 10.1. The third kappa shape index (κ3) is 5.89. The van der Waals surface area contributed by atoms with Crippen LogP contribution in [0.15, 0.2) is 30.3 Å². The van der Waals surface area contributed by atoms with Gasteiger partial charge in [0, 0.05) is 13.5 Å². The van der Waals surface area contributed by atoms with Gasteiger partial charge in [0.1, 0.15) is 0 Å². The molecular weight excluding hydrogens is 186 g/mol. The van der Waals surface area contributed by atoms with Gasteiger partial charge in [0.25, 0.3) is 0 Å². The zero-order chi connectivity index (χ0) is 11.7. The number of carbonyl (C=O) groups is 1. The summed E-state index contributed by atoms with van der Waals surface area (Å²) in [6.07, 6.45) is 0. The van der Waals surface area contributed by atoms with Crippen molar-refractivity contribution in [1.82, 2.24) is 5.32 Å². The lowest BCUT2D eigenvalue weighted by atomic mass is 10.0. The molecule has 0 heterocycles. The highest BCUT2D eigenvalue weighted by molar-refractivity contribution is 5.72. The van der Waals surface area contributed by atoms with Crippen LogP contribution in [0, 0.1) is 0 Å². The molecular formula is C13H21NO. The molecule has 1 N–H and O–H groups in total. The molecule has 0 aromatic heterocycles. The van der Waals surface area contributed by atoms with Gasteiger partial charge in [0.2, 0.25) is 5.91 Å². The van der Waals surface area contributed by atoms with Gasteiger partial charge in [-0.25, -0.2) is 0 Å². The molecule has 0 bridgehead atoms. The first kappa shape index (κ1) is 13.7. The first-order valence-electron chi connectivity index (χ1n) is 5.49. The van der Waals surface area contributed by atoms with Crippen molar-refractivity contribution in [3.05, 3.63) is 35.9 Å². The molecule has 0 aliphatic carbocycles. The summed E-state index contributed by atoms with van der Waals surface area (Å²) in [7, 11) is 0. The van der Waals surface area contributed by atoms with Gasteiger partial charge in [-0.1, -0.05) is 51.1 Å². The average molecular weight is 207 g/mol. The summed E-state index contributed by atoms with van der Waals surface area (Å²) < 4.78 is 0. The average Bonchev–Trinajstić information content (AvgIpc) is 2.30. The van der Waals surface area contributed by atoms with Gasteiger partial charge < -0.3 is 5.32 Å². The fraction of sp³-hybridized carbons (Fsp3) is 0.462. The number of nitrogens with one attached hydrogen (secondary N) is 1. The van der Waals surface area contributed by atoms with Gasteiger partial charge >= 0.3 is 0 Å². The molecule has 0 radical (unpaired) electrons. The predicted octanol–water partition coefficient (Wildman–Crippen LogP) is 2.95. The van der Waals surface area contributed by atoms with Crippen LogP contribution in [-0.2, 0) is 4.79 Å². The number of rotatable bonds is 3. The highest BCUT2D eigenvalue weighted by Crippen LogP contribution is 2.12. The van der Waals surface area contributed by atoms with Gasteiger partial charge in [0.15, 0.2) is 0 Å². The minimum atomic E-state index is 0.0304. The Morgan fingerprint density at radius 1 is 1.27 bits per heavy atom. The van der Waals surface area contributed by atoms with E-state index in [9.17, 15) is 4.79 Å². The Labute approximate surface area is 92.7 Å². The Kier molecular flexibility index (Phi) is 7.33. The lowest BCUT2D eigenvalue weighted by Crippen LogP contribution is -2.24. The third-order valence-electron chi connectivity index (χ3n) is 2.03. The molecule has 1 amide bonds. The Hall–Kier alpha value is -1.31. The molecule has 0 saturated carbocycles. The van der Waals surface area contributed by atoms with Crippen LogP contribution in [0.1, 0.15) is 39.2 Å². The molecule has 0 aliphatic heterocycles. The number of amides is 1. The van der Waals surface area contributed by atoms with Gasteiger partial charge in [0.05, 0.1) is 0 Å². The van der Waals surface area contributed by atoms with E-state index in [1.54, 1.807) is 0 Å². The molecule has 0 fully saturated rings. The van der Waals surface area contributed by atoms with Crippen molar-refractivity contribution in [2.24, 2.45) is 0 Å². The van der Waals surface area contributed by atoms with Crippen molar-refractivity contribution in [2.45, 2.75) is 33.6 Å². The molecule has 1 atom stereocenters. The molecule has 15 heavy (non-hydrogen) atoms. The topological polar surface area (TPSA) is 29.1 Å². The smallest absolute Gasteiger partial charge is 0.216 e. The summed E-state index contributed by atoms with van der Waals surface area (Å²) in [6, 6.07) is 10.2. The molecule has 2 nitrogen and oxygen atoms in total. The van der Waals surface area contributed by atoms with E-state index in [-0.39, 0.29) is 5.91 Å². The molecule has 1 aromatic rings. The second-order valence-corrected chi connectivity index (χ2v) is 3.25. The van der Waals surface area contributed by atoms with E-state index in [1.807, 2.05) is 32.0 Å². The van der Waals surface area contributed by atoms with Gasteiger partial charge in [-0.2, -0.15) is 0 Å². The fourth-order valence-corrected chi connectivity index (χ4v) is 1.20. The summed E-state index contributed by atoms with van der Waals surface area (Å²) in [5.41, 5.74) is 1.26. The molecule has 84 valence electrons. The van der Waals surface area contributed by atoms with Gasteiger partial charge in [-0.15, -0.1) is 0 Å². The zero-order valence-electron chi connectivity index (χ0n) is 10.1. The molecule has 0 spiro atoms. The fourth-order valence-electron chi connectivity index (χ4n) is 1.20. The molecule has 2 heteroatoms. The summed E-state index contributed by atoms with van der Waals surface area (Å²) >= 11 is 0. The normalized spacial score (nSPS) is 10.9. The SMILES string of the molecule is CC.CC(=O)NCC(C)c1ccccc1. The predicted molar refractivity (Wildman–Crippen MR) is 64.9 cm³/mol. The maximum absolute atomic E-state index is 10.7. The van der Waals surface area contributed by atoms with Crippen LogP contribution in [0.25, 0.3) is 0 Å². The van der Waals surface area contributed by atoms with E-state index in [0.717, 1.165) is 0 Å². The molecule has 1 rings (SSSR count). The molecule has 0 aliphatic rings. The van der Waals surface area contributed by atoms with Crippen molar-refractivity contribution in [3.8, 4) is 0 Å². The van der Waals surface area contributed by atoms with E-state index in [1.165, 1.54) is 12.5 Å². The minimum absolute atomic E-state index is 0.0304. The van der Waals surface area contributed by atoms with Crippen LogP contribution < -0.4 is 5.32 Å².